The van der Waals surface area contributed by atoms with Crippen LogP contribution in [0.25, 0.3) is 0 Å². The van der Waals surface area contributed by atoms with E-state index in [0.717, 1.165) is 18.3 Å². The van der Waals surface area contributed by atoms with Crippen LogP contribution in [0.2, 0.25) is 0 Å². The zero-order chi connectivity index (χ0) is 11.1. The predicted octanol–water partition coefficient (Wildman–Crippen LogP) is 1.20. The van der Waals surface area contributed by atoms with Crippen LogP contribution in [0.15, 0.2) is 18.2 Å². The van der Waals surface area contributed by atoms with Crippen LogP contribution in [-0.4, -0.2) is 27.1 Å². The molecule has 1 aromatic carbocycles. The minimum Gasteiger partial charge on any atom is -0.408 e. The largest absolute Gasteiger partial charge is 0.408 e. The molecule has 0 radical (unpaired) electrons. The first-order valence-corrected chi connectivity index (χ1v) is 4.72. The van der Waals surface area contributed by atoms with Crippen LogP contribution in [0.4, 0.5) is 0 Å². The van der Waals surface area contributed by atoms with Gasteiger partial charge in [-0.2, -0.15) is 5.48 Å². The third-order valence-corrected chi connectivity index (χ3v) is 2.01. The molecule has 0 atom stereocenters. The number of rotatable bonds is 6. The molecule has 0 aliphatic rings. The van der Waals surface area contributed by atoms with Gasteiger partial charge in [0.15, 0.2) is 12.0 Å². The van der Waals surface area contributed by atoms with Crippen LogP contribution in [-0.2, 0) is 11.2 Å². The van der Waals surface area contributed by atoms with Crippen LogP contribution >= 0.6 is 0 Å². The Morgan fingerprint density at radius 1 is 1.47 bits per heavy atom. The molecule has 0 saturated carbocycles. The summed E-state index contributed by atoms with van der Waals surface area (Å²) in [6, 6.07) is 5.47. The zero-order valence-electron chi connectivity index (χ0n) is 8.95. The van der Waals surface area contributed by atoms with Crippen LogP contribution in [0.5, 0.6) is 5.75 Å². The van der Waals surface area contributed by atoms with Crippen molar-refractivity contribution in [2.24, 2.45) is 0 Å². The summed E-state index contributed by atoms with van der Waals surface area (Å²) >= 11 is 0. The molecule has 0 saturated heterocycles. The summed E-state index contributed by atoms with van der Waals surface area (Å²) in [5.41, 5.74) is 4.16. The molecule has 1 aromatic rings. The molecular weight excluding hydrogens is 194 g/mol. The first-order valence-electron chi connectivity index (χ1n) is 4.72. The van der Waals surface area contributed by atoms with E-state index in [9.17, 15) is 4.79 Å². The van der Waals surface area contributed by atoms with Crippen LogP contribution in [0, 0.1) is 0 Å². The Morgan fingerprint density at radius 2 is 2.27 bits per heavy atom. The number of hydrogen-bond donors (Lipinski definition) is 1. The number of ether oxygens (including phenoxy) is 1. The second-order valence-electron chi connectivity index (χ2n) is 3.04. The van der Waals surface area contributed by atoms with Crippen molar-refractivity contribution in [2.45, 2.75) is 6.42 Å². The van der Waals surface area contributed by atoms with Crippen LogP contribution < -0.4 is 10.3 Å². The average Bonchev–Trinajstić information content (AvgIpc) is 2.27. The number of hydroxylamine groups is 1. The lowest BCUT2D eigenvalue weighted by Gasteiger charge is -2.08. The van der Waals surface area contributed by atoms with Crippen molar-refractivity contribution in [3.63, 3.8) is 0 Å². The molecular formula is C11H15NO3. The van der Waals surface area contributed by atoms with E-state index in [2.05, 4.69) is 5.48 Å². The Morgan fingerprint density at radius 3 is 2.87 bits per heavy atom. The van der Waals surface area contributed by atoms with Gasteiger partial charge in [-0.3, -0.25) is 4.79 Å². The quantitative estimate of drug-likeness (QED) is 0.565. The number of aldehydes is 1. The van der Waals surface area contributed by atoms with E-state index < -0.39 is 0 Å². The van der Waals surface area contributed by atoms with Gasteiger partial charge in [0, 0.05) is 14.2 Å². The Bertz CT molecular complexity index is 326. The van der Waals surface area contributed by atoms with Crippen molar-refractivity contribution < 1.29 is 14.4 Å². The van der Waals surface area contributed by atoms with E-state index in [4.69, 9.17) is 9.57 Å². The second kappa shape index (κ2) is 6.16. The van der Waals surface area contributed by atoms with Crippen molar-refractivity contribution in [1.29, 1.82) is 0 Å². The topological polar surface area (TPSA) is 47.6 Å². The minimum atomic E-state index is 0.533. The zero-order valence-corrected chi connectivity index (χ0v) is 8.95. The van der Waals surface area contributed by atoms with Gasteiger partial charge in [-0.05, 0) is 24.1 Å². The Kier molecular flexibility index (Phi) is 4.80. The molecule has 0 spiro atoms. The summed E-state index contributed by atoms with van der Waals surface area (Å²) in [4.78, 5) is 15.8. The number of methoxy groups -OCH3 is 1. The lowest BCUT2D eigenvalue weighted by atomic mass is 10.1. The summed E-state index contributed by atoms with van der Waals surface area (Å²) in [6.07, 6.45) is 1.57. The van der Waals surface area contributed by atoms with E-state index in [0.29, 0.717) is 17.9 Å². The van der Waals surface area contributed by atoms with Crippen molar-refractivity contribution in [3.05, 3.63) is 29.3 Å². The van der Waals surface area contributed by atoms with Crippen LogP contribution in [0.1, 0.15) is 15.9 Å². The van der Waals surface area contributed by atoms with E-state index in [1.807, 2.05) is 12.1 Å². The highest BCUT2D eigenvalue weighted by Crippen LogP contribution is 2.18. The first-order chi connectivity index (χ1) is 7.31. The molecule has 4 heteroatoms. The number of hydrogen-bond acceptors (Lipinski definition) is 4. The van der Waals surface area contributed by atoms with Gasteiger partial charge in [0.05, 0.1) is 12.2 Å². The SMILES string of the molecule is CNOc1cc(CCOC)ccc1C=O. The molecule has 82 valence electrons. The molecule has 0 amide bonds. The van der Waals surface area contributed by atoms with E-state index in [1.165, 1.54) is 0 Å². The fourth-order valence-corrected chi connectivity index (χ4v) is 1.25. The number of carbonyl (C=O) groups excluding carboxylic acids is 1. The van der Waals surface area contributed by atoms with Crippen molar-refractivity contribution in [1.82, 2.24) is 5.48 Å². The van der Waals surface area contributed by atoms with Gasteiger partial charge in [0.1, 0.15) is 0 Å². The smallest absolute Gasteiger partial charge is 0.157 e. The molecule has 0 unspecified atom stereocenters. The van der Waals surface area contributed by atoms with Gasteiger partial charge in [-0.1, -0.05) is 6.07 Å². The van der Waals surface area contributed by atoms with Gasteiger partial charge in [0.2, 0.25) is 0 Å². The molecule has 0 aliphatic heterocycles. The maximum Gasteiger partial charge on any atom is 0.157 e. The highest BCUT2D eigenvalue weighted by Gasteiger charge is 2.04. The van der Waals surface area contributed by atoms with Crippen LogP contribution in [0.3, 0.4) is 0 Å². The van der Waals surface area contributed by atoms with Crippen molar-refractivity contribution in [2.75, 3.05) is 20.8 Å². The molecule has 0 bridgehead atoms. The number of benzene rings is 1. The maximum absolute atomic E-state index is 10.7. The molecule has 1 rings (SSSR count). The van der Waals surface area contributed by atoms with Gasteiger partial charge in [-0.15, -0.1) is 0 Å². The van der Waals surface area contributed by atoms with Crippen molar-refractivity contribution >= 4 is 6.29 Å². The predicted molar refractivity (Wildman–Crippen MR) is 57.1 cm³/mol. The highest BCUT2D eigenvalue weighted by molar-refractivity contribution is 5.79. The Hall–Kier alpha value is -1.39. The fourth-order valence-electron chi connectivity index (χ4n) is 1.25. The minimum absolute atomic E-state index is 0.533. The molecule has 1 N–H and O–H groups in total. The lowest BCUT2D eigenvalue weighted by Crippen LogP contribution is -2.12. The average molecular weight is 209 g/mol. The standard InChI is InChI=1S/C11H15NO3/c1-12-15-11-7-9(5-6-14-2)3-4-10(11)8-13/h3-4,7-8,12H,5-6H2,1-2H3. The van der Waals surface area contributed by atoms with Gasteiger partial charge < -0.3 is 9.57 Å². The molecule has 0 fully saturated rings. The summed E-state index contributed by atoms with van der Waals surface area (Å²) in [5.74, 6) is 0.543. The monoisotopic (exact) mass is 209 g/mol. The molecule has 15 heavy (non-hydrogen) atoms. The Balaban J connectivity index is 2.83. The van der Waals surface area contributed by atoms with Crippen molar-refractivity contribution in [3.8, 4) is 5.75 Å². The van der Waals surface area contributed by atoms with Gasteiger partial charge in [0.25, 0.3) is 0 Å². The summed E-state index contributed by atoms with van der Waals surface area (Å²) in [5, 5.41) is 0. The third-order valence-electron chi connectivity index (χ3n) is 2.01. The number of carbonyl (C=O) groups is 1. The summed E-state index contributed by atoms with van der Waals surface area (Å²) in [7, 11) is 3.31. The number of nitrogens with one attached hydrogen (secondary N) is 1. The first kappa shape index (κ1) is 11.7. The normalized spacial score (nSPS) is 10.0. The van der Waals surface area contributed by atoms with Gasteiger partial charge >= 0.3 is 0 Å². The molecule has 4 nitrogen and oxygen atoms in total. The lowest BCUT2D eigenvalue weighted by molar-refractivity contribution is 0.111. The summed E-state index contributed by atoms with van der Waals surface area (Å²) in [6.45, 7) is 0.652. The maximum atomic E-state index is 10.7. The second-order valence-corrected chi connectivity index (χ2v) is 3.04. The third kappa shape index (κ3) is 3.34. The van der Waals surface area contributed by atoms with E-state index in [-0.39, 0.29) is 0 Å². The van der Waals surface area contributed by atoms with E-state index in [1.54, 1.807) is 20.2 Å². The Labute approximate surface area is 89.1 Å². The van der Waals surface area contributed by atoms with Gasteiger partial charge in [-0.25, -0.2) is 0 Å². The highest BCUT2D eigenvalue weighted by atomic mass is 16.6. The summed E-state index contributed by atoms with van der Waals surface area (Å²) < 4.78 is 4.98. The molecule has 0 heterocycles. The fraction of sp³-hybridized carbons (Fsp3) is 0.364. The molecule has 0 aliphatic carbocycles. The van der Waals surface area contributed by atoms with E-state index >= 15 is 0 Å². The molecule has 0 aromatic heterocycles.